The van der Waals surface area contributed by atoms with Gasteiger partial charge in [-0.25, -0.2) is 4.98 Å². The van der Waals surface area contributed by atoms with Gasteiger partial charge in [-0.2, -0.15) is 0 Å². The van der Waals surface area contributed by atoms with Crippen molar-refractivity contribution in [3.63, 3.8) is 0 Å². The van der Waals surface area contributed by atoms with Gasteiger partial charge in [0.1, 0.15) is 0 Å². The van der Waals surface area contributed by atoms with E-state index in [1.54, 1.807) is 0 Å². The van der Waals surface area contributed by atoms with Crippen molar-refractivity contribution < 1.29 is 5.11 Å². The highest BCUT2D eigenvalue weighted by Crippen LogP contribution is 2.23. The lowest BCUT2D eigenvalue weighted by molar-refractivity contribution is 0.310. The highest BCUT2D eigenvalue weighted by atomic mass is 16.3. The number of hydrogen-bond acceptors (Lipinski definition) is 4. The first-order valence-corrected chi connectivity index (χ1v) is 7.00. The maximum atomic E-state index is 8.99. The average Bonchev–Trinajstić information content (AvgIpc) is 2.71. The number of nitrogens with zero attached hydrogens (tertiary/aromatic N) is 3. The topological polar surface area (TPSA) is 53.3 Å². The van der Waals surface area contributed by atoms with E-state index in [0.717, 1.165) is 30.1 Å². The normalized spacial score (nSPS) is 11.5. The van der Waals surface area contributed by atoms with Gasteiger partial charge in [-0.15, -0.1) is 0 Å². The van der Waals surface area contributed by atoms with E-state index in [0.29, 0.717) is 6.54 Å². The number of fused-ring (bicyclic) bond motifs is 1. The van der Waals surface area contributed by atoms with Crippen LogP contribution in [0.2, 0.25) is 0 Å². The molecule has 0 bridgehead atoms. The van der Waals surface area contributed by atoms with Crippen LogP contribution in [0.5, 0.6) is 0 Å². The molecule has 0 atom stereocenters. The monoisotopic (exact) mass is 276 g/mol. The smallest absolute Gasteiger partial charge is 0.204 e. The lowest BCUT2D eigenvalue weighted by Crippen LogP contribution is -2.20. The predicted octanol–water partition coefficient (Wildman–Crippen LogP) is 1.62. The number of imidazole rings is 1. The van der Waals surface area contributed by atoms with Crippen molar-refractivity contribution in [2.45, 2.75) is 20.4 Å². The van der Waals surface area contributed by atoms with Gasteiger partial charge in [0, 0.05) is 19.6 Å². The molecule has 0 aliphatic carbocycles. The van der Waals surface area contributed by atoms with Crippen LogP contribution in [0.15, 0.2) is 12.1 Å². The second-order valence-electron chi connectivity index (χ2n) is 5.47. The predicted molar refractivity (Wildman–Crippen MR) is 83.3 cm³/mol. The minimum Gasteiger partial charge on any atom is -0.395 e. The molecule has 110 valence electrons. The second kappa shape index (κ2) is 6.24. The van der Waals surface area contributed by atoms with Crippen LogP contribution in [0, 0.1) is 13.8 Å². The molecule has 1 aromatic heterocycles. The number of aryl methyl sites for hydroxylation is 2. The Morgan fingerprint density at radius 1 is 1.25 bits per heavy atom. The molecular formula is C15H24N4O. The summed E-state index contributed by atoms with van der Waals surface area (Å²) in [5, 5.41) is 12.2. The molecule has 2 aromatic rings. The van der Waals surface area contributed by atoms with Crippen LogP contribution in [0.4, 0.5) is 5.95 Å². The highest BCUT2D eigenvalue weighted by molar-refractivity contribution is 5.80. The molecule has 0 saturated carbocycles. The molecule has 0 spiro atoms. The second-order valence-corrected chi connectivity index (χ2v) is 5.47. The first kappa shape index (κ1) is 14.8. The van der Waals surface area contributed by atoms with E-state index in [4.69, 9.17) is 5.11 Å². The van der Waals surface area contributed by atoms with Crippen molar-refractivity contribution >= 4 is 17.0 Å². The Labute approximate surface area is 120 Å². The van der Waals surface area contributed by atoms with Crippen LogP contribution < -0.4 is 5.32 Å². The van der Waals surface area contributed by atoms with E-state index in [9.17, 15) is 0 Å². The molecular weight excluding hydrogens is 252 g/mol. The van der Waals surface area contributed by atoms with Crippen molar-refractivity contribution in [2.24, 2.45) is 0 Å². The molecule has 2 N–H and O–H groups in total. The molecule has 1 heterocycles. The highest BCUT2D eigenvalue weighted by Gasteiger charge is 2.11. The first-order chi connectivity index (χ1) is 9.52. The molecule has 0 unspecified atom stereocenters. The number of rotatable bonds is 6. The number of nitrogens with one attached hydrogen (secondary N) is 1. The van der Waals surface area contributed by atoms with Crippen LogP contribution >= 0.6 is 0 Å². The first-order valence-electron chi connectivity index (χ1n) is 7.00. The van der Waals surface area contributed by atoms with Gasteiger partial charge < -0.3 is 19.9 Å². The molecule has 0 aliphatic heterocycles. The Morgan fingerprint density at radius 2 is 1.95 bits per heavy atom. The lowest BCUT2D eigenvalue weighted by atomic mass is 10.1. The summed E-state index contributed by atoms with van der Waals surface area (Å²) < 4.78 is 2.19. The Hall–Kier alpha value is -1.59. The molecule has 1 aromatic carbocycles. The van der Waals surface area contributed by atoms with Crippen LogP contribution in [0.25, 0.3) is 11.0 Å². The molecule has 2 rings (SSSR count). The zero-order valence-corrected chi connectivity index (χ0v) is 12.8. The van der Waals surface area contributed by atoms with Crippen molar-refractivity contribution in [1.82, 2.24) is 14.5 Å². The van der Waals surface area contributed by atoms with Gasteiger partial charge in [-0.3, -0.25) is 0 Å². The van der Waals surface area contributed by atoms with Crippen molar-refractivity contribution in [3.05, 3.63) is 23.3 Å². The minimum atomic E-state index is 0.106. The fourth-order valence-corrected chi connectivity index (χ4v) is 2.21. The van der Waals surface area contributed by atoms with Crippen molar-refractivity contribution in [1.29, 1.82) is 0 Å². The Morgan fingerprint density at radius 3 is 2.60 bits per heavy atom. The number of aliphatic hydroxyl groups is 1. The summed E-state index contributed by atoms with van der Waals surface area (Å²) >= 11 is 0. The van der Waals surface area contributed by atoms with E-state index in [2.05, 4.69) is 59.8 Å². The lowest BCUT2D eigenvalue weighted by Gasteiger charge is -2.14. The number of aliphatic hydroxyl groups excluding tert-OH is 1. The van der Waals surface area contributed by atoms with Crippen LogP contribution in [-0.2, 0) is 6.54 Å². The summed E-state index contributed by atoms with van der Waals surface area (Å²) in [5.74, 6) is 0.834. The number of aromatic nitrogens is 2. The minimum absolute atomic E-state index is 0.106. The third-order valence-electron chi connectivity index (χ3n) is 3.53. The van der Waals surface area contributed by atoms with E-state index in [1.807, 2.05) is 0 Å². The summed E-state index contributed by atoms with van der Waals surface area (Å²) in [4.78, 5) is 6.81. The fraction of sp³-hybridized carbons (Fsp3) is 0.533. The number of hydrogen-bond donors (Lipinski definition) is 2. The number of benzene rings is 1. The van der Waals surface area contributed by atoms with Gasteiger partial charge in [-0.05, 0) is 51.2 Å². The van der Waals surface area contributed by atoms with Gasteiger partial charge in [0.25, 0.3) is 0 Å². The summed E-state index contributed by atoms with van der Waals surface area (Å²) in [6, 6.07) is 4.32. The van der Waals surface area contributed by atoms with Gasteiger partial charge in [-0.1, -0.05) is 0 Å². The van der Waals surface area contributed by atoms with Crippen molar-refractivity contribution in [2.75, 3.05) is 39.1 Å². The maximum absolute atomic E-state index is 8.99. The zero-order valence-electron chi connectivity index (χ0n) is 12.8. The molecule has 5 heteroatoms. The third-order valence-corrected chi connectivity index (χ3v) is 3.53. The molecule has 0 fully saturated rings. The molecule has 0 amide bonds. The average molecular weight is 276 g/mol. The van der Waals surface area contributed by atoms with Crippen LogP contribution in [-0.4, -0.2) is 53.3 Å². The van der Waals surface area contributed by atoms with E-state index >= 15 is 0 Å². The number of likely N-dealkylation sites (N-methyl/N-ethyl adjacent to an activating group) is 1. The van der Waals surface area contributed by atoms with Gasteiger partial charge in [0.05, 0.1) is 17.6 Å². The van der Waals surface area contributed by atoms with Gasteiger partial charge >= 0.3 is 0 Å². The summed E-state index contributed by atoms with van der Waals surface area (Å²) in [5.41, 5.74) is 4.68. The van der Waals surface area contributed by atoms with E-state index < -0.39 is 0 Å². The van der Waals surface area contributed by atoms with Gasteiger partial charge in [0.2, 0.25) is 5.95 Å². The summed E-state index contributed by atoms with van der Waals surface area (Å²) in [7, 11) is 4.13. The fourth-order valence-electron chi connectivity index (χ4n) is 2.21. The van der Waals surface area contributed by atoms with Crippen LogP contribution in [0.1, 0.15) is 11.1 Å². The maximum Gasteiger partial charge on any atom is 0.204 e. The molecule has 5 nitrogen and oxygen atoms in total. The molecule has 0 aliphatic rings. The summed E-state index contributed by atoms with van der Waals surface area (Å²) in [6.45, 7) is 6.68. The summed E-state index contributed by atoms with van der Waals surface area (Å²) in [6.07, 6.45) is 0. The molecule has 0 radical (unpaired) electrons. The van der Waals surface area contributed by atoms with Gasteiger partial charge in [0.15, 0.2) is 0 Å². The Kier molecular flexibility index (Phi) is 4.62. The van der Waals surface area contributed by atoms with E-state index in [1.165, 1.54) is 11.1 Å². The SMILES string of the molecule is Cc1cc2nc(NCCO)n(CCN(C)C)c2cc1C. The van der Waals surface area contributed by atoms with E-state index in [-0.39, 0.29) is 6.61 Å². The Balaban J connectivity index is 2.43. The third kappa shape index (κ3) is 3.11. The van der Waals surface area contributed by atoms with Crippen LogP contribution in [0.3, 0.4) is 0 Å². The standard InChI is InChI=1S/C15H24N4O/c1-11-9-13-14(10-12(11)2)19(7-6-18(3)4)15(17-13)16-5-8-20/h9-10,20H,5-8H2,1-4H3,(H,16,17). The molecule has 20 heavy (non-hydrogen) atoms. The zero-order chi connectivity index (χ0) is 14.7. The Bertz CT molecular complexity index is 589. The quantitative estimate of drug-likeness (QED) is 0.842. The van der Waals surface area contributed by atoms with Crippen molar-refractivity contribution in [3.8, 4) is 0 Å². The largest absolute Gasteiger partial charge is 0.395 e. The number of anilines is 1. The molecule has 0 saturated heterocycles.